The van der Waals surface area contributed by atoms with Crippen LogP contribution in [0.2, 0.25) is 0 Å². The number of nitrogens with one attached hydrogen (secondary N) is 1. The fourth-order valence-corrected chi connectivity index (χ4v) is 2.08. The molecule has 1 rings (SSSR count). The fraction of sp³-hybridized carbons (Fsp3) is 0.833. The third-order valence-corrected chi connectivity index (χ3v) is 3.32. The number of urea groups is 1. The molecule has 2 amide bonds. The Bertz CT molecular complexity index is 342. The molecule has 0 aromatic heterocycles. The molecule has 110 valence electrons. The van der Waals surface area contributed by atoms with Crippen LogP contribution in [0.15, 0.2) is 0 Å². The summed E-state index contributed by atoms with van der Waals surface area (Å²) in [7, 11) is 1.51. The standard InChI is InChI=1S/C12H20F2N2O3/c1-8(10(17)18)7-16(2)11(19)15-4-3-9-5-12(13,14)6-9/h8-9H,3-7H2,1-2H3,(H,15,19)(H,17,18). The van der Waals surface area contributed by atoms with E-state index in [1.54, 1.807) is 0 Å². The molecule has 1 saturated carbocycles. The van der Waals surface area contributed by atoms with Crippen molar-refractivity contribution in [2.45, 2.75) is 32.1 Å². The smallest absolute Gasteiger partial charge is 0.317 e. The highest BCUT2D eigenvalue weighted by molar-refractivity contribution is 5.75. The SMILES string of the molecule is CC(CN(C)C(=O)NCCC1CC(F)(F)C1)C(=O)O. The Kier molecular flexibility index (Phi) is 5.08. The summed E-state index contributed by atoms with van der Waals surface area (Å²) in [6.07, 6.45) is 0.327. The molecule has 0 aromatic carbocycles. The average molecular weight is 278 g/mol. The average Bonchev–Trinajstić information content (AvgIpc) is 2.25. The molecular formula is C12H20F2N2O3. The van der Waals surface area contributed by atoms with Gasteiger partial charge in [-0.05, 0) is 12.3 Å². The number of amides is 2. The van der Waals surface area contributed by atoms with Gasteiger partial charge in [0, 0.05) is 33.0 Å². The largest absolute Gasteiger partial charge is 0.481 e. The first-order chi connectivity index (χ1) is 8.71. The van der Waals surface area contributed by atoms with Crippen LogP contribution in [0.4, 0.5) is 13.6 Å². The number of nitrogens with zero attached hydrogens (tertiary/aromatic N) is 1. The highest BCUT2D eigenvalue weighted by atomic mass is 19.3. The van der Waals surface area contributed by atoms with E-state index in [0.29, 0.717) is 13.0 Å². The number of rotatable bonds is 6. The van der Waals surface area contributed by atoms with Gasteiger partial charge >= 0.3 is 12.0 Å². The Morgan fingerprint density at radius 2 is 2.05 bits per heavy atom. The van der Waals surface area contributed by atoms with Gasteiger partial charge < -0.3 is 15.3 Å². The number of carboxylic acids is 1. The van der Waals surface area contributed by atoms with E-state index in [1.165, 1.54) is 18.9 Å². The summed E-state index contributed by atoms with van der Waals surface area (Å²) in [5.74, 6) is -4.15. The second-order valence-electron chi connectivity index (χ2n) is 5.27. The van der Waals surface area contributed by atoms with Crippen molar-refractivity contribution < 1.29 is 23.5 Å². The molecule has 1 unspecified atom stereocenters. The summed E-state index contributed by atoms with van der Waals surface area (Å²) < 4.78 is 25.1. The Labute approximate surface area is 111 Å². The van der Waals surface area contributed by atoms with Crippen molar-refractivity contribution in [3.8, 4) is 0 Å². The van der Waals surface area contributed by atoms with Gasteiger partial charge in [0.15, 0.2) is 0 Å². The maximum atomic E-state index is 12.6. The van der Waals surface area contributed by atoms with Crippen molar-refractivity contribution in [1.29, 1.82) is 0 Å². The van der Waals surface area contributed by atoms with Crippen molar-refractivity contribution in [2.75, 3.05) is 20.1 Å². The minimum absolute atomic E-state index is 0.0291. The summed E-state index contributed by atoms with van der Waals surface area (Å²) in [4.78, 5) is 23.5. The van der Waals surface area contributed by atoms with E-state index in [9.17, 15) is 18.4 Å². The second kappa shape index (κ2) is 6.16. The molecule has 1 aliphatic rings. The van der Waals surface area contributed by atoms with Crippen LogP contribution in [-0.4, -0.2) is 48.1 Å². The molecule has 19 heavy (non-hydrogen) atoms. The molecule has 0 aliphatic heterocycles. The van der Waals surface area contributed by atoms with Gasteiger partial charge in [0.05, 0.1) is 5.92 Å². The minimum atomic E-state index is -2.53. The third kappa shape index (κ3) is 5.00. The highest BCUT2D eigenvalue weighted by Gasteiger charge is 2.44. The van der Waals surface area contributed by atoms with E-state index in [2.05, 4.69) is 5.32 Å². The van der Waals surface area contributed by atoms with Crippen molar-refractivity contribution in [2.24, 2.45) is 11.8 Å². The van der Waals surface area contributed by atoms with Crippen LogP contribution in [0.5, 0.6) is 0 Å². The van der Waals surface area contributed by atoms with Gasteiger partial charge in [0.2, 0.25) is 5.92 Å². The van der Waals surface area contributed by atoms with E-state index >= 15 is 0 Å². The van der Waals surface area contributed by atoms with Crippen LogP contribution in [-0.2, 0) is 4.79 Å². The molecule has 1 aliphatic carbocycles. The Morgan fingerprint density at radius 3 is 2.53 bits per heavy atom. The molecule has 0 spiro atoms. The monoisotopic (exact) mass is 278 g/mol. The summed E-state index contributed by atoms with van der Waals surface area (Å²) >= 11 is 0. The highest BCUT2D eigenvalue weighted by Crippen LogP contribution is 2.43. The lowest BCUT2D eigenvalue weighted by molar-refractivity contribution is -0.141. The molecule has 0 heterocycles. The zero-order chi connectivity index (χ0) is 14.6. The molecule has 0 radical (unpaired) electrons. The summed E-state index contributed by atoms with van der Waals surface area (Å²) in [6, 6.07) is -0.376. The van der Waals surface area contributed by atoms with Gasteiger partial charge in [0.25, 0.3) is 0 Å². The number of hydrogen-bond donors (Lipinski definition) is 2. The quantitative estimate of drug-likeness (QED) is 0.778. The molecule has 1 atom stereocenters. The van der Waals surface area contributed by atoms with Crippen molar-refractivity contribution in [1.82, 2.24) is 10.2 Å². The lowest BCUT2D eigenvalue weighted by atomic mass is 9.79. The number of alkyl halides is 2. The Morgan fingerprint density at radius 1 is 1.47 bits per heavy atom. The van der Waals surface area contributed by atoms with Crippen LogP contribution in [0.1, 0.15) is 26.2 Å². The number of carbonyl (C=O) groups is 2. The van der Waals surface area contributed by atoms with Crippen molar-refractivity contribution in [3.63, 3.8) is 0 Å². The van der Waals surface area contributed by atoms with Gasteiger partial charge in [-0.25, -0.2) is 13.6 Å². The molecule has 7 heteroatoms. The first-order valence-electron chi connectivity index (χ1n) is 6.31. The maximum absolute atomic E-state index is 12.6. The molecule has 0 saturated heterocycles. The van der Waals surface area contributed by atoms with Gasteiger partial charge in [-0.3, -0.25) is 4.79 Å². The minimum Gasteiger partial charge on any atom is -0.481 e. The van der Waals surface area contributed by atoms with Gasteiger partial charge in [-0.2, -0.15) is 0 Å². The number of halogens is 2. The van der Waals surface area contributed by atoms with Crippen LogP contribution >= 0.6 is 0 Å². The zero-order valence-electron chi connectivity index (χ0n) is 11.2. The van der Waals surface area contributed by atoms with Crippen LogP contribution in [0.3, 0.4) is 0 Å². The lowest BCUT2D eigenvalue weighted by Gasteiger charge is -2.35. The van der Waals surface area contributed by atoms with E-state index < -0.39 is 17.8 Å². The van der Waals surface area contributed by atoms with Gasteiger partial charge in [-0.15, -0.1) is 0 Å². The fourth-order valence-electron chi connectivity index (χ4n) is 2.08. The van der Waals surface area contributed by atoms with Crippen LogP contribution in [0, 0.1) is 11.8 Å². The molecule has 5 nitrogen and oxygen atoms in total. The van der Waals surface area contributed by atoms with E-state index in [4.69, 9.17) is 5.11 Å². The normalized spacial score (nSPS) is 19.4. The number of carboxylic acid groups (broad SMARTS) is 1. The van der Waals surface area contributed by atoms with Crippen molar-refractivity contribution >= 4 is 12.0 Å². The lowest BCUT2D eigenvalue weighted by Crippen LogP contribution is -2.42. The molecule has 2 N–H and O–H groups in total. The topological polar surface area (TPSA) is 69.6 Å². The predicted octanol–water partition coefficient (Wildman–Crippen LogP) is 1.78. The van der Waals surface area contributed by atoms with Gasteiger partial charge in [0.1, 0.15) is 0 Å². The summed E-state index contributed by atoms with van der Waals surface area (Å²) in [5.41, 5.74) is 0. The van der Waals surface area contributed by atoms with E-state index in [1.807, 2.05) is 0 Å². The number of hydrogen-bond acceptors (Lipinski definition) is 2. The number of carbonyl (C=O) groups excluding carboxylic acids is 1. The maximum Gasteiger partial charge on any atom is 0.317 e. The first-order valence-corrected chi connectivity index (χ1v) is 6.31. The predicted molar refractivity (Wildman–Crippen MR) is 65.1 cm³/mol. The Hall–Kier alpha value is -1.40. The molecule has 1 fully saturated rings. The van der Waals surface area contributed by atoms with E-state index in [-0.39, 0.29) is 31.3 Å². The van der Waals surface area contributed by atoms with Crippen LogP contribution < -0.4 is 5.32 Å². The third-order valence-electron chi connectivity index (χ3n) is 3.32. The second-order valence-corrected chi connectivity index (χ2v) is 5.27. The summed E-state index contributed by atoms with van der Waals surface area (Å²) in [6.45, 7) is 1.97. The Balaban J connectivity index is 2.15. The van der Waals surface area contributed by atoms with Crippen LogP contribution in [0.25, 0.3) is 0 Å². The first kappa shape index (κ1) is 15.7. The number of aliphatic carboxylic acids is 1. The summed E-state index contributed by atoms with van der Waals surface area (Å²) in [5, 5.41) is 11.3. The molecule has 0 aromatic rings. The van der Waals surface area contributed by atoms with Gasteiger partial charge in [-0.1, -0.05) is 6.92 Å². The van der Waals surface area contributed by atoms with Crippen molar-refractivity contribution in [3.05, 3.63) is 0 Å². The van der Waals surface area contributed by atoms with E-state index in [0.717, 1.165) is 0 Å². The zero-order valence-corrected chi connectivity index (χ0v) is 11.2. The molecule has 0 bridgehead atoms. The molecular weight excluding hydrogens is 258 g/mol.